The normalized spacial score (nSPS) is 42.0. The van der Waals surface area contributed by atoms with Crippen molar-refractivity contribution in [2.24, 2.45) is 11.5 Å². The van der Waals surface area contributed by atoms with Crippen LogP contribution in [-0.4, -0.2) is 23.6 Å². The van der Waals surface area contributed by atoms with Gasteiger partial charge in [0.2, 0.25) is 0 Å². The highest BCUT2D eigenvalue weighted by Gasteiger charge is 2.19. The summed E-state index contributed by atoms with van der Waals surface area (Å²) in [5.74, 6) is 2.09. The fourth-order valence-corrected chi connectivity index (χ4v) is 1.76. The molecule has 2 nitrogen and oxygen atoms in total. The van der Waals surface area contributed by atoms with Gasteiger partial charge in [0.1, 0.15) is 0 Å². The van der Waals surface area contributed by atoms with Crippen molar-refractivity contribution in [2.75, 3.05) is 11.5 Å². The molecule has 0 aliphatic carbocycles. The fourth-order valence-electron chi connectivity index (χ4n) is 0.587. The quantitative estimate of drug-likeness (QED) is 0.446. The zero-order valence-corrected chi connectivity index (χ0v) is 4.95. The molecule has 0 amide bonds. The second-order valence-electron chi connectivity index (χ2n) is 1.87. The van der Waals surface area contributed by atoms with Crippen LogP contribution in [0.5, 0.6) is 0 Å². The van der Waals surface area contributed by atoms with Crippen LogP contribution in [0.3, 0.4) is 0 Å². The predicted octanol–water partition coefficient (Wildman–Crippen LogP) is -0.612. The first-order chi connectivity index (χ1) is 3.30. The van der Waals surface area contributed by atoms with E-state index >= 15 is 0 Å². The molecule has 0 aromatic heterocycles. The molecule has 0 radical (unpaired) electrons. The SMILES string of the molecule is NC1CSCC1N. The standard InChI is InChI=1S/C4H10N2S/c5-3-1-7-2-4(3)6/h3-4H,1-2,5-6H2. The Kier molecular flexibility index (Phi) is 1.57. The van der Waals surface area contributed by atoms with Gasteiger partial charge in [0.25, 0.3) is 0 Å². The Hall–Kier alpha value is 0.270. The molecular weight excluding hydrogens is 108 g/mol. The minimum atomic E-state index is 0.255. The Labute approximate surface area is 47.6 Å². The van der Waals surface area contributed by atoms with E-state index in [4.69, 9.17) is 11.5 Å². The molecule has 1 aliphatic heterocycles. The first-order valence-corrected chi connectivity index (χ1v) is 3.55. The van der Waals surface area contributed by atoms with Crippen molar-refractivity contribution in [3.05, 3.63) is 0 Å². The highest BCUT2D eigenvalue weighted by Crippen LogP contribution is 2.13. The van der Waals surface area contributed by atoms with Gasteiger partial charge in [0.15, 0.2) is 0 Å². The lowest BCUT2D eigenvalue weighted by atomic mass is 10.2. The second-order valence-corrected chi connectivity index (χ2v) is 2.94. The predicted molar refractivity (Wildman–Crippen MR) is 33.3 cm³/mol. The van der Waals surface area contributed by atoms with E-state index in [1.54, 1.807) is 0 Å². The van der Waals surface area contributed by atoms with Crippen LogP contribution in [0, 0.1) is 0 Å². The summed E-state index contributed by atoms with van der Waals surface area (Å²) in [4.78, 5) is 0. The third-order valence-electron chi connectivity index (χ3n) is 1.17. The fraction of sp³-hybridized carbons (Fsp3) is 1.00. The van der Waals surface area contributed by atoms with Gasteiger partial charge in [-0.25, -0.2) is 0 Å². The van der Waals surface area contributed by atoms with Crippen molar-refractivity contribution in [3.63, 3.8) is 0 Å². The van der Waals surface area contributed by atoms with Crippen LogP contribution in [0.25, 0.3) is 0 Å². The molecule has 0 aromatic carbocycles. The Morgan fingerprint density at radius 1 is 1.14 bits per heavy atom. The van der Waals surface area contributed by atoms with E-state index in [2.05, 4.69) is 0 Å². The molecule has 1 fully saturated rings. The summed E-state index contributed by atoms with van der Waals surface area (Å²) < 4.78 is 0. The first kappa shape index (κ1) is 5.41. The van der Waals surface area contributed by atoms with E-state index in [1.165, 1.54) is 0 Å². The Bertz CT molecular complexity index is 58.7. The topological polar surface area (TPSA) is 52.0 Å². The molecule has 1 saturated heterocycles. The van der Waals surface area contributed by atoms with E-state index in [0.29, 0.717) is 0 Å². The highest BCUT2D eigenvalue weighted by atomic mass is 32.2. The highest BCUT2D eigenvalue weighted by molar-refractivity contribution is 7.99. The Balaban J connectivity index is 2.33. The second kappa shape index (κ2) is 2.03. The summed E-state index contributed by atoms with van der Waals surface area (Å²) in [6.07, 6.45) is 0. The molecule has 42 valence electrons. The number of rotatable bonds is 0. The van der Waals surface area contributed by atoms with Crippen molar-refractivity contribution < 1.29 is 0 Å². The summed E-state index contributed by atoms with van der Waals surface area (Å²) in [7, 11) is 0. The Morgan fingerprint density at radius 3 is 1.71 bits per heavy atom. The molecule has 3 heteroatoms. The summed E-state index contributed by atoms with van der Waals surface area (Å²) in [5, 5.41) is 0. The molecule has 2 unspecified atom stereocenters. The lowest BCUT2D eigenvalue weighted by Crippen LogP contribution is -2.39. The third-order valence-corrected chi connectivity index (χ3v) is 2.41. The van der Waals surface area contributed by atoms with Crippen LogP contribution in [-0.2, 0) is 0 Å². The van der Waals surface area contributed by atoms with Crippen LogP contribution >= 0.6 is 11.8 Å². The molecule has 0 bridgehead atoms. The third kappa shape index (κ3) is 1.08. The first-order valence-electron chi connectivity index (χ1n) is 2.39. The van der Waals surface area contributed by atoms with Gasteiger partial charge in [0, 0.05) is 23.6 Å². The van der Waals surface area contributed by atoms with Crippen molar-refractivity contribution in [2.45, 2.75) is 12.1 Å². The summed E-state index contributed by atoms with van der Waals surface area (Å²) in [6.45, 7) is 0. The molecule has 2 atom stereocenters. The molecule has 1 rings (SSSR count). The van der Waals surface area contributed by atoms with Gasteiger partial charge in [-0.1, -0.05) is 0 Å². The molecule has 1 aliphatic rings. The van der Waals surface area contributed by atoms with Crippen molar-refractivity contribution in [3.8, 4) is 0 Å². The van der Waals surface area contributed by atoms with Crippen LogP contribution < -0.4 is 11.5 Å². The smallest absolute Gasteiger partial charge is 0.0292 e. The molecule has 0 spiro atoms. The largest absolute Gasteiger partial charge is 0.326 e. The number of thioether (sulfide) groups is 1. The van der Waals surface area contributed by atoms with Gasteiger partial charge in [-0.2, -0.15) is 11.8 Å². The maximum Gasteiger partial charge on any atom is 0.0292 e. The minimum Gasteiger partial charge on any atom is -0.326 e. The molecular formula is C4H10N2S. The zero-order chi connectivity index (χ0) is 5.28. The van der Waals surface area contributed by atoms with Gasteiger partial charge in [-0.05, 0) is 0 Å². The summed E-state index contributed by atoms with van der Waals surface area (Å²) >= 11 is 1.84. The van der Waals surface area contributed by atoms with E-state index < -0.39 is 0 Å². The van der Waals surface area contributed by atoms with Gasteiger partial charge < -0.3 is 11.5 Å². The van der Waals surface area contributed by atoms with Crippen molar-refractivity contribution in [1.82, 2.24) is 0 Å². The van der Waals surface area contributed by atoms with Gasteiger partial charge in [-0.15, -0.1) is 0 Å². The average molecular weight is 118 g/mol. The van der Waals surface area contributed by atoms with Crippen LogP contribution in [0.4, 0.5) is 0 Å². The van der Waals surface area contributed by atoms with Crippen LogP contribution in [0.15, 0.2) is 0 Å². The maximum absolute atomic E-state index is 5.53. The summed E-state index contributed by atoms with van der Waals surface area (Å²) in [5.41, 5.74) is 11.1. The Morgan fingerprint density at radius 2 is 1.57 bits per heavy atom. The maximum atomic E-state index is 5.53. The molecule has 0 aromatic rings. The van der Waals surface area contributed by atoms with Gasteiger partial charge in [-0.3, -0.25) is 0 Å². The molecule has 1 heterocycles. The minimum absolute atomic E-state index is 0.255. The van der Waals surface area contributed by atoms with Crippen molar-refractivity contribution >= 4 is 11.8 Å². The van der Waals surface area contributed by atoms with Crippen molar-refractivity contribution in [1.29, 1.82) is 0 Å². The van der Waals surface area contributed by atoms with E-state index in [-0.39, 0.29) is 12.1 Å². The molecule has 0 saturated carbocycles. The van der Waals surface area contributed by atoms with Gasteiger partial charge >= 0.3 is 0 Å². The average Bonchev–Trinajstić information content (AvgIpc) is 1.91. The molecule has 4 N–H and O–H groups in total. The number of hydrogen-bond donors (Lipinski definition) is 2. The summed E-state index contributed by atoms with van der Waals surface area (Å²) in [6, 6.07) is 0.509. The lowest BCUT2D eigenvalue weighted by Gasteiger charge is -2.04. The zero-order valence-electron chi connectivity index (χ0n) is 4.13. The number of nitrogens with two attached hydrogens (primary N) is 2. The van der Waals surface area contributed by atoms with Crippen LogP contribution in [0.2, 0.25) is 0 Å². The molecule has 7 heavy (non-hydrogen) atoms. The van der Waals surface area contributed by atoms with E-state index in [1.807, 2.05) is 11.8 Å². The van der Waals surface area contributed by atoms with E-state index in [9.17, 15) is 0 Å². The number of hydrogen-bond acceptors (Lipinski definition) is 3. The van der Waals surface area contributed by atoms with E-state index in [0.717, 1.165) is 11.5 Å². The van der Waals surface area contributed by atoms with Gasteiger partial charge in [0.05, 0.1) is 0 Å². The lowest BCUT2D eigenvalue weighted by molar-refractivity contribution is 0.642. The monoisotopic (exact) mass is 118 g/mol. The van der Waals surface area contributed by atoms with Crippen LogP contribution in [0.1, 0.15) is 0 Å².